The molecular weight excluding hydrogens is 324 g/mol. The van der Waals surface area contributed by atoms with Crippen LogP contribution in [0.3, 0.4) is 0 Å². The Kier molecular flexibility index (Phi) is 4.42. The lowest BCUT2D eigenvalue weighted by atomic mass is 10.1. The molecular formula is C18H19BrN2. The SMILES string of the molecule is CCNCc1cccc2c1ccn2Cc1cccc(Br)c1. The second-order valence-electron chi connectivity index (χ2n) is 5.20. The lowest BCUT2D eigenvalue weighted by Gasteiger charge is -2.08. The van der Waals surface area contributed by atoms with Crippen molar-refractivity contribution in [3.8, 4) is 0 Å². The Morgan fingerprint density at radius 2 is 1.95 bits per heavy atom. The van der Waals surface area contributed by atoms with E-state index in [4.69, 9.17) is 0 Å². The minimum atomic E-state index is 0.896. The van der Waals surface area contributed by atoms with E-state index in [0.717, 1.165) is 24.1 Å². The van der Waals surface area contributed by atoms with E-state index in [-0.39, 0.29) is 0 Å². The zero-order valence-electron chi connectivity index (χ0n) is 12.1. The summed E-state index contributed by atoms with van der Waals surface area (Å²) in [5.74, 6) is 0. The van der Waals surface area contributed by atoms with Crippen LogP contribution in [0.2, 0.25) is 0 Å². The van der Waals surface area contributed by atoms with Crippen LogP contribution < -0.4 is 5.32 Å². The van der Waals surface area contributed by atoms with Crippen molar-refractivity contribution < 1.29 is 0 Å². The molecule has 2 nitrogen and oxygen atoms in total. The molecule has 0 aliphatic heterocycles. The maximum absolute atomic E-state index is 3.54. The third kappa shape index (κ3) is 3.20. The Balaban J connectivity index is 1.93. The van der Waals surface area contributed by atoms with Crippen LogP contribution in [0.15, 0.2) is 59.2 Å². The van der Waals surface area contributed by atoms with Crippen molar-refractivity contribution in [1.82, 2.24) is 9.88 Å². The number of hydrogen-bond acceptors (Lipinski definition) is 1. The first kappa shape index (κ1) is 14.4. The first-order valence-electron chi connectivity index (χ1n) is 7.30. The average molecular weight is 343 g/mol. The molecule has 2 aromatic carbocycles. The number of rotatable bonds is 5. The van der Waals surface area contributed by atoms with Gasteiger partial charge in [0.2, 0.25) is 0 Å². The minimum absolute atomic E-state index is 0.896. The van der Waals surface area contributed by atoms with Crippen molar-refractivity contribution in [3.63, 3.8) is 0 Å². The molecule has 3 aromatic rings. The minimum Gasteiger partial charge on any atom is -0.343 e. The van der Waals surface area contributed by atoms with Gasteiger partial charge in [0.25, 0.3) is 0 Å². The molecule has 0 radical (unpaired) electrons. The lowest BCUT2D eigenvalue weighted by Crippen LogP contribution is -2.11. The highest BCUT2D eigenvalue weighted by molar-refractivity contribution is 9.10. The monoisotopic (exact) mass is 342 g/mol. The summed E-state index contributed by atoms with van der Waals surface area (Å²) in [4.78, 5) is 0. The number of fused-ring (bicyclic) bond motifs is 1. The Morgan fingerprint density at radius 1 is 1.10 bits per heavy atom. The molecule has 0 saturated carbocycles. The van der Waals surface area contributed by atoms with Gasteiger partial charge in [0.05, 0.1) is 0 Å². The van der Waals surface area contributed by atoms with Crippen molar-refractivity contribution >= 4 is 26.8 Å². The molecule has 0 fully saturated rings. The molecule has 0 amide bonds. The molecule has 0 saturated heterocycles. The fourth-order valence-electron chi connectivity index (χ4n) is 2.67. The van der Waals surface area contributed by atoms with E-state index >= 15 is 0 Å². The third-order valence-electron chi connectivity index (χ3n) is 3.71. The summed E-state index contributed by atoms with van der Waals surface area (Å²) in [7, 11) is 0. The molecule has 1 heterocycles. The van der Waals surface area contributed by atoms with E-state index in [1.54, 1.807) is 0 Å². The molecule has 0 bridgehead atoms. The zero-order valence-corrected chi connectivity index (χ0v) is 13.7. The smallest absolute Gasteiger partial charge is 0.0486 e. The average Bonchev–Trinajstić information content (AvgIpc) is 2.89. The van der Waals surface area contributed by atoms with Gasteiger partial charge < -0.3 is 9.88 Å². The van der Waals surface area contributed by atoms with Gasteiger partial charge in [-0.2, -0.15) is 0 Å². The number of benzene rings is 2. The molecule has 1 N–H and O–H groups in total. The maximum atomic E-state index is 3.54. The van der Waals surface area contributed by atoms with Crippen molar-refractivity contribution in [1.29, 1.82) is 0 Å². The Morgan fingerprint density at radius 3 is 2.76 bits per heavy atom. The maximum Gasteiger partial charge on any atom is 0.0486 e. The van der Waals surface area contributed by atoms with Gasteiger partial charge in [-0.25, -0.2) is 0 Å². The Hall–Kier alpha value is -1.58. The van der Waals surface area contributed by atoms with E-state index in [9.17, 15) is 0 Å². The standard InChI is InChI=1S/C18H19BrN2/c1-2-20-12-15-6-4-8-18-17(15)9-10-21(18)13-14-5-3-7-16(19)11-14/h3-11,20H,2,12-13H2,1H3. The Labute approximate surface area is 133 Å². The highest BCUT2D eigenvalue weighted by atomic mass is 79.9. The van der Waals surface area contributed by atoms with E-state index in [1.807, 2.05) is 0 Å². The topological polar surface area (TPSA) is 17.0 Å². The lowest BCUT2D eigenvalue weighted by molar-refractivity contribution is 0.730. The van der Waals surface area contributed by atoms with Crippen molar-refractivity contribution in [2.45, 2.75) is 20.0 Å². The van der Waals surface area contributed by atoms with Crippen molar-refractivity contribution in [2.24, 2.45) is 0 Å². The van der Waals surface area contributed by atoms with Crippen LogP contribution in [-0.4, -0.2) is 11.1 Å². The first-order chi connectivity index (χ1) is 10.3. The second kappa shape index (κ2) is 6.46. The van der Waals surface area contributed by atoms with E-state index in [0.29, 0.717) is 0 Å². The van der Waals surface area contributed by atoms with Crippen LogP contribution in [0.5, 0.6) is 0 Å². The number of nitrogens with zero attached hydrogens (tertiary/aromatic N) is 1. The van der Waals surface area contributed by atoms with Crippen molar-refractivity contribution in [2.75, 3.05) is 6.54 Å². The summed E-state index contributed by atoms with van der Waals surface area (Å²) in [6.45, 7) is 4.95. The largest absolute Gasteiger partial charge is 0.343 e. The summed E-state index contributed by atoms with van der Waals surface area (Å²) < 4.78 is 3.44. The van der Waals surface area contributed by atoms with Crippen molar-refractivity contribution in [3.05, 3.63) is 70.3 Å². The van der Waals surface area contributed by atoms with Gasteiger partial charge in [0.1, 0.15) is 0 Å². The van der Waals surface area contributed by atoms with E-state index < -0.39 is 0 Å². The molecule has 0 spiro atoms. The molecule has 0 unspecified atom stereocenters. The number of halogens is 1. The summed E-state index contributed by atoms with van der Waals surface area (Å²) >= 11 is 3.54. The zero-order chi connectivity index (χ0) is 14.7. The summed E-state index contributed by atoms with van der Waals surface area (Å²) in [5, 5.41) is 4.75. The Bertz CT molecular complexity index is 746. The van der Waals surface area contributed by atoms with Crippen LogP contribution >= 0.6 is 15.9 Å². The van der Waals surface area contributed by atoms with Crippen LogP contribution in [0.4, 0.5) is 0 Å². The van der Waals surface area contributed by atoms with Crippen LogP contribution in [-0.2, 0) is 13.1 Å². The highest BCUT2D eigenvalue weighted by Crippen LogP contribution is 2.22. The van der Waals surface area contributed by atoms with Gasteiger partial charge in [-0.1, -0.05) is 47.1 Å². The summed E-state index contributed by atoms with van der Waals surface area (Å²) in [6.07, 6.45) is 2.18. The van der Waals surface area contributed by atoms with Gasteiger partial charge in [0.15, 0.2) is 0 Å². The third-order valence-corrected chi connectivity index (χ3v) is 4.20. The fraction of sp³-hybridized carbons (Fsp3) is 0.222. The molecule has 21 heavy (non-hydrogen) atoms. The van der Waals surface area contributed by atoms with Gasteiger partial charge in [0, 0.05) is 34.7 Å². The van der Waals surface area contributed by atoms with Gasteiger partial charge in [-0.3, -0.25) is 0 Å². The number of aromatic nitrogens is 1. The van der Waals surface area contributed by atoms with Gasteiger partial charge >= 0.3 is 0 Å². The highest BCUT2D eigenvalue weighted by Gasteiger charge is 2.06. The second-order valence-corrected chi connectivity index (χ2v) is 6.12. The fourth-order valence-corrected chi connectivity index (χ4v) is 3.12. The predicted octanol–water partition coefficient (Wildman–Crippen LogP) is 4.56. The quantitative estimate of drug-likeness (QED) is 0.719. The summed E-state index contributed by atoms with van der Waals surface area (Å²) in [5.41, 5.74) is 3.96. The van der Waals surface area contributed by atoms with E-state index in [1.165, 1.54) is 22.0 Å². The number of hydrogen-bond donors (Lipinski definition) is 1. The van der Waals surface area contributed by atoms with E-state index in [2.05, 4.69) is 87.5 Å². The van der Waals surface area contributed by atoms with Crippen LogP contribution in [0.1, 0.15) is 18.1 Å². The van der Waals surface area contributed by atoms with Crippen LogP contribution in [0.25, 0.3) is 10.9 Å². The molecule has 3 heteroatoms. The predicted molar refractivity (Wildman–Crippen MR) is 92.6 cm³/mol. The molecule has 0 aliphatic carbocycles. The normalized spacial score (nSPS) is 11.1. The molecule has 0 aliphatic rings. The summed E-state index contributed by atoms with van der Waals surface area (Å²) in [6, 6.07) is 17.3. The first-order valence-corrected chi connectivity index (χ1v) is 8.09. The van der Waals surface area contributed by atoms with Gasteiger partial charge in [-0.05, 0) is 41.9 Å². The molecule has 108 valence electrons. The van der Waals surface area contributed by atoms with Gasteiger partial charge in [-0.15, -0.1) is 0 Å². The molecule has 1 aromatic heterocycles. The van der Waals surface area contributed by atoms with Crippen LogP contribution in [0, 0.1) is 0 Å². The molecule has 3 rings (SSSR count). The number of nitrogens with one attached hydrogen (secondary N) is 1. The molecule has 0 atom stereocenters.